The van der Waals surface area contributed by atoms with Gasteiger partial charge in [0.2, 0.25) is 5.95 Å². The summed E-state index contributed by atoms with van der Waals surface area (Å²) < 4.78 is 5.76. The maximum Gasteiger partial charge on any atom is 0.294 e. The van der Waals surface area contributed by atoms with Crippen molar-refractivity contribution in [3.8, 4) is 11.4 Å². The number of hydrogen-bond acceptors (Lipinski definition) is 4. The van der Waals surface area contributed by atoms with Crippen LogP contribution in [0.5, 0.6) is 0 Å². The third-order valence-corrected chi connectivity index (χ3v) is 3.65. The molecule has 0 bridgehead atoms. The number of H-pyrrole nitrogens is 1. The Morgan fingerprint density at radius 1 is 1.41 bits per heavy atom. The Hall–Kier alpha value is -2.12. The molecule has 112 valence electrons. The number of rotatable bonds is 3. The first-order chi connectivity index (χ1) is 10.5. The van der Waals surface area contributed by atoms with Gasteiger partial charge in [-0.3, -0.25) is 15.2 Å². The van der Waals surface area contributed by atoms with Gasteiger partial charge in [0.15, 0.2) is 16.3 Å². The summed E-state index contributed by atoms with van der Waals surface area (Å²) in [5.74, 6) is 0.397. The summed E-state index contributed by atoms with van der Waals surface area (Å²) in [6.45, 7) is 1.77. The monoisotopic (exact) mass is 380 g/mol. The highest BCUT2D eigenvalue weighted by atomic mass is 79.9. The highest BCUT2D eigenvalue weighted by molar-refractivity contribution is 9.10. The van der Waals surface area contributed by atoms with Gasteiger partial charge in [0.25, 0.3) is 5.91 Å². The Bertz CT molecular complexity index is 843. The van der Waals surface area contributed by atoms with Gasteiger partial charge in [0, 0.05) is 11.1 Å². The molecule has 1 amide bonds. The molecular weight excluding hydrogens is 372 g/mol. The summed E-state index contributed by atoms with van der Waals surface area (Å²) in [6.07, 6.45) is 0. The third kappa shape index (κ3) is 2.90. The molecule has 3 aromatic rings. The molecular formula is C14H10BrClN4O2. The number of furan rings is 1. The van der Waals surface area contributed by atoms with E-state index < -0.39 is 5.91 Å². The lowest BCUT2D eigenvalue weighted by molar-refractivity contribution is 0.0994. The van der Waals surface area contributed by atoms with E-state index >= 15 is 0 Å². The van der Waals surface area contributed by atoms with Crippen molar-refractivity contribution >= 4 is 39.4 Å². The SMILES string of the molecule is Cc1cc(Br)oc1C(=O)Nc1n[nH]c(-c2ccccc2Cl)n1. The molecule has 2 N–H and O–H groups in total. The predicted octanol–water partition coefficient (Wildman–Crippen LogP) is 4.04. The van der Waals surface area contributed by atoms with E-state index in [1.54, 1.807) is 19.1 Å². The molecule has 0 aliphatic carbocycles. The van der Waals surface area contributed by atoms with E-state index in [0.717, 1.165) is 0 Å². The Labute approximate surface area is 139 Å². The largest absolute Gasteiger partial charge is 0.444 e. The second kappa shape index (κ2) is 5.94. The van der Waals surface area contributed by atoms with E-state index in [1.807, 2.05) is 18.2 Å². The van der Waals surface area contributed by atoms with Gasteiger partial charge < -0.3 is 4.42 Å². The molecule has 0 atom stereocenters. The van der Waals surface area contributed by atoms with Gasteiger partial charge in [-0.1, -0.05) is 23.7 Å². The normalized spacial score (nSPS) is 10.7. The van der Waals surface area contributed by atoms with E-state index in [-0.39, 0.29) is 11.7 Å². The Kier molecular flexibility index (Phi) is 4.00. The fraction of sp³-hybridized carbons (Fsp3) is 0.0714. The molecule has 0 fully saturated rings. The Balaban J connectivity index is 1.82. The third-order valence-electron chi connectivity index (χ3n) is 2.93. The molecule has 2 heterocycles. The van der Waals surface area contributed by atoms with Gasteiger partial charge in [0.1, 0.15) is 0 Å². The number of aromatic amines is 1. The number of anilines is 1. The van der Waals surface area contributed by atoms with Gasteiger partial charge in [-0.2, -0.15) is 4.98 Å². The van der Waals surface area contributed by atoms with E-state index in [1.165, 1.54) is 0 Å². The van der Waals surface area contributed by atoms with Crippen LogP contribution in [-0.2, 0) is 0 Å². The zero-order valence-corrected chi connectivity index (χ0v) is 13.7. The van der Waals surface area contributed by atoms with Crippen LogP contribution in [0.1, 0.15) is 16.1 Å². The zero-order chi connectivity index (χ0) is 15.7. The first-order valence-electron chi connectivity index (χ1n) is 6.29. The summed E-state index contributed by atoms with van der Waals surface area (Å²) in [7, 11) is 0. The van der Waals surface area contributed by atoms with Crippen molar-refractivity contribution in [3.63, 3.8) is 0 Å². The number of hydrogen-bond donors (Lipinski definition) is 2. The van der Waals surface area contributed by atoms with Crippen molar-refractivity contribution in [2.24, 2.45) is 0 Å². The molecule has 22 heavy (non-hydrogen) atoms. The van der Waals surface area contributed by atoms with Crippen LogP contribution >= 0.6 is 27.5 Å². The van der Waals surface area contributed by atoms with E-state index in [9.17, 15) is 4.79 Å². The summed E-state index contributed by atoms with van der Waals surface area (Å²) >= 11 is 9.28. The van der Waals surface area contributed by atoms with Gasteiger partial charge in [-0.15, -0.1) is 5.10 Å². The average Bonchev–Trinajstić information content (AvgIpc) is 3.06. The predicted molar refractivity (Wildman–Crippen MR) is 85.9 cm³/mol. The molecule has 0 aliphatic rings. The van der Waals surface area contributed by atoms with Crippen LogP contribution in [0.15, 0.2) is 39.4 Å². The molecule has 1 aromatic carbocycles. The minimum absolute atomic E-state index is 0.145. The highest BCUT2D eigenvalue weighted by Gasteiger charge is 2.17. The first kappa shape index (κ1) is 14.8. The van der Waals surface area contributed by atoms with Crippen LogP contribution in [-0.4, -0.2) is 21.1 Å². The second-order valence-electron chi connectivity index (χ2n) is 4.50. The summed E-state index contributed by atoms with van der Waals surface area (Å²) in [4.78, 5) is 16.3. The van der Waals surface area contributed by atoms with Crippen molar-refractivity contribution in [2.45, 2.75) is 6.92 Å². The van der Waals surface area contributed by atoms with Crippen LogP contribution < -0.4 is 5.32 Å². The van der Waals surface area contributed by atoms with Gasteiger partial charge >= 0.3 is 0 Å². The standard InChI is InChI=1S/C14H10BrClN4O2/c1-7-6-10(15)22-11(7)13(21)18-14-17-12(19-20-14)8-4-2-3-5-9(8)16/h2-6H,1H3,(H2,17,18,19,20,21). The number of aromatic nitrogens is 3. The number of nitrogens with zero attached hydrogens (tertiary/aromatic N) is 2. The van der Waals surface area contributed by atoms with Crippen molar-refractivity contribution in [1.29, 1.82) is 0 Å². The molecule has 6 nitrogen and oxygen atoms in total. The molecule has 0 spiro atoms. The molecule has 0 radical (unpaired) electrons. The van der Waals surface area contributed by atoms with Crippen LogP contribution in [0.25, 0.3) is 11.4 Å². The fourth-order valence-corrected chi connectivity index (χ4v) is 2.65. The number of carbonyl (C=O) groups is 1. The van der Waals surface area contributed by atoms with Crippen LogP contribution in [0.2, 0.25) is 5.02 Å². The number of benzene rings is 1. The molecule has 0 saturated heterocycles. The smallest absolute Gasteiger partial charge is 0.294 e. The van der Waals surface area contributed by atoms with E-state index in [2.05, 4.69) is 36.4 Å². The van der Waals surface area contributed by atoms with E-state index in [4.69, 9.17) is 16.0 Å². The van der Waals surface area contributed by atoms with Crippen molar-refractivity contribution in [3.05, 3.63) is 51.3 Å². The maximum absolute atomic E-state index is 12.1. The summed E-state index contributed by atoms with van der Waals surface area (Å²) in [5.41, 5.74) is 1.42. The van der Waals surface area contributed by atoms with Crippen molar-refractivity contribution in [2.75, 3.05) is 5.32 Å². The number of amides is 1. The molecule has 8 heteroatoms. The van der Waals surface area contributed by atoms with Gasteiger partial charge in [0.05, 0.1) is 5.02 Å². The first-order valence-corrected chi connectivity index (χ1v) is 7.46. The van der Waals surface area contributed by atoms with Crippen LogP contribution in [0.3, 0.4) is 0 Å². The summed E-state index contributed by atoms with van der Waals surface area (Å²) in [6, 6.07) is 8.93. The Morgan fingerprint density at radius 3 is 2.86 bits per heavy atom. The zero-order valence-electron chi connectivity index (χ0n) is 11.4. The number of carbonyl (C=O) groups excluding carboxylic acids is 1. The Morgan fingerprint density at radius 2 is 2.18 bits per heavy atom. The fourth-order valence-electron chi connectivity index (χ4n) is 1.92. The van der Waals surface area contributed by atoms with Crippen molar-refractivity contribution in [1.82, 2.24) is 15.2 Å². The lowest BCUT2D eigenvalue weighted by atomic mass is 10.2. The van der Waals surface area contributed by atoms with Crippen LogP contribution in [0.4, 0.5) is 5.95 Å². The number of nitrogens with one attached hydrogen (secondary N) is 2. The van der Waals surface area contributed by atoms with Gasteiger partial charge in [-0.25, -0.2) is 0 Å². The lowest BCUT2D eigenvalue weighted by Crippen LogP contribution is -2.13. The molecule has 2 aromatic heterocycles. The number of aryl methyl sites for hydroxylation is 1. The highest BCUT2D eigenvalue weighted by Crippen LogP contribution is 2.25. The molecule has 3 rings (SSSR count). The van der Waals surface area contributed by atoms with Crippen LogP contribution in [0, 0.1) is 6.92 Å². The maximum atomic E-state index is 12.1. The lowest BCUT2D eigenvalue weighted by Gasteiger charge is -1.99. The van der Waals surface area contributed by atoms with E-state index in [0.29, 0.717) is 26.6 Å². The molecule has 0 saturated carbocycles. The number of halogens is 2. The van der Waals surface area contributed by atoms with Gasteiger partial charge in [-0.05, 0) is 41.1 Å². The summed E-state index contributed by atoms with van der Waals surface area (Å²) in [5, 5.41) is 9.81. The molecule has 0 unspecified atom stereocenters. The molecule has 0 aliphatic heterocycles. The topological polar surface area (TPSA) is 83.8 Å². The minimum atomic E-state index is -0.423. The average molecular weight is 382 g/mol. The second-order valence-corrected chi connectivity index (χ2v) is 5.69. The quantitative estimate of drug-likeness (QED) is 0.717. The minimum Gasteiger partial charge on any atom is -0.444 e. The van der Waals surface area contributed by atoms with Crippen molar-refractivity contribution < 1.29 is 9.21 Å².